The molecule has 0 bridgehead atoms. The highest BCUT2D eigenvalue weighted by atomic mass is 79.9. The van der Waals surface area contributed by atoms with E-state index in [-0.39, 0.29) is 19.5 Å². The minimum absolute atomic E-state index is 0.0705. The number of hydrogen-bond acceptors (Lipinski definition) is 4. The summed E-state index contributed by atoms with van der Waals surface area (Å²) in [4.78, 5) is 28.5. The molecular formula is C28H28BrClF3N3O4S. The Morgan fingerprint density at radius 1 is 1.00 bits per heavy atom. The van der Waals surface area contributed by atoms with E-state index in [4.69, 9.17) is 11.6 Å². The average molecular weight is 675 g/mol. The summed E-state index contributed by atoms with van der Waals surface area (Å²) in [5.41, 5.74) is -0.235. The lowest BCUT2D eigenvalue weighted by atomic mass is 10.0. The van der Waals surface area contributed by atoms with E-state index in [9.17, 15) is 31.2 Å². The number of carbonyl (C=O) groups is 2. The second-order valence-corrected chi connectivity index (χ2v) is 12.4. The Balaban J connectivity index is 2.09. The van der Waals surface area contributed by atoms with Gasteiger partial charge in [-0.05, 0) is 48.4 Å². The molecule has 0 heterocycles. The van der Waals surface area contributed by atoms with Gasteiger partial charge in [0.25, 0.3) is 0 Å². The van der Waals surface area contributed by atoms with Crippen LogP contribution in [0.3, 0.4) is 0 Å². The highest BCUT2D eigenvalue weighted by molar-refractivity contribution is 9.10. The number of rotatable bonds is 11. The number of carbonyl (C=O) groups excluding carboxylic acids is 2. The summed E-state index contributed by atoms with van der Waals surface area (Å²) in [5, 5.41) is 2.12. The number of alkyl halides is 3. The van der Waals surface area contributed by atoms with Crippen molar-refractivity contribution in [2.45, 2.75) is 32.1 Å². The minimum Gasteiger partial charge on any atom is -0.355 e. The highest BCUT2D eigenvalue weighted by Gasteiger charge is 2.36. The molecule has 1 atom stereocenters. The third-order valence-electron chi connectivity index (χ3n) is 6.09. The maximum atomic E-state index is 13.9. The maximum Gasteiger partial charge on any atom is 0.417 e. The summed E-state index contributed by atoms with van der Waals surface area (Å²) < 4.78 is 67.5. The lowest BCUT2D eigenvalue weighted by Crippen LogP contribution is -2.53. The van der Waals surface area contributed by atoms with Crippen molar-refractivity contribution in [2.75, 3.05) is 23.7 Å². The maximum absolute atomic E-state index is 13.9. The third-order valence-corrected chi connectivity index (χ3v) is 8.05. The van der Waals surface area contributed by atoms with Crippen LogP contribution in [0.4, 0.5) is 18.9 Å². The van der Waals surface area contributed by atoms with Gasteiger partial charge in [-0.3, -0.25) is 13.9 Å². The fourth-order valence-corrected chi connectivity index (χ4v) is 5.69. The van der Waals surface area contributed by atoms with E-state index in [1.807, 2.05) is 0 Å². The summed E-state index contributed by atoms with van der Waals surface area (Å²) in [6, 6.07) is 17.5. The van der Waals surface area contributed by atoms with Crippen LogP contribution in [0.1, 0.15) is 23.6 Å². The van der Waals surface area contributed by atoms with Crippen LogP contribution in [0, 0.1) is 0 Å². The van der Waals surface area contributed by atoms with E-state index in [1.165, 1.54) is 4.90 Å². The van der Waals surface area contributed by atoms with Gasteiger partial charge in [0.1, 0.15) is 12.6 Å². The molecule has 0 aromatic heterocycles. The summed E-state index contributed by atoms with van der Waals surface area (Å²) in [5.74, 6) is -1.25. The Morgan fingerprint density at radius 3 is 2.24 bits per heavy atom. The van der Waals surface area contributed by atoms with Gasteiger partial charge in [-0.15, -0.1) is 0 Å². The van der Waals surface area contributed by atoms with Gasteiger partial charge in [-0.25, -0.2) is 8.42 Å². The fourth-order valence-electron chi connectivity index (χ4n) is 4.18. The van der Waals surface area contributed by atoms with Crippen LogP contribution in [0.15, 0.2) is 77.3 Å². The molecule has 0 aliphatic rings. The van der Waals surface area contributed by atoms with Crippen molar-refractivity contribution < 1.29 is 31.2 Å². The number of anilines is 1. The van der Waals surface area contributed by atoms with Crippen LogP contribution in [-0.4, -0.2) is 50.5 Å². The average Bonchev–Trinajstić information content (AvgIpc) is 2.89. The van der Waals surface area contributed by atoms with Crippen LogP contribution < -0.4 is 9.62 Å². The van der Waals surface area contributed by atoms with Crippen LogP contribution in [0.2, 0.25) is 5.02 Å². The summed E-state index contributed by atoms with van der Waals surface area (Å²) >= 11 is 9.12. The fraction of sp³-hybridized carbons (Fsp3) is 0.286. The molecule has 0 spiro atoms. The Morgan fingerprint density at radius 2 is 1.66 bits per heavy atom. The molecule has 0 unspecified atom stereocenters. The second kappa shape index (κ2) is 13.7. The van der Waals surface area contributed by atoms with Gasteiger partial charge in [-0.2, -0.15) is 13.2 Å². The first-order valence-electron chi connectivity index (χ1n) is 12.4. The summed E-state index contributed by atoms with van der Waals surface area (Å²) in [6.07, 6.45) is -3.96. The molecule has 0 fully saturated rings. The predicted molar refractivity (Wildman–Crippen MR) is 156 cm³/mol. The molecule has 41 heavy (non-hydrogen) atoms. The van der Waals surface area contributed by atoms with E-state index in [2.05, 4.69) is 21.2 Å². The minimum atomic E-state index is -4.86. The monoisotopic (exact) mass is 673 g/mol. The first-order chi connectivity index (χ1) is 19.2. The first kappa shape index (κ1) is 32.4. The standard InChI is InChI=1S/C28H28BrClF3N3O4S/c1-3-34-27(38)25(15-19-8-5-4-6-9-19)35(17-20-10-7-11-21(29)14-20)26(37)18-36(41(2,39)40)22-12-13-24(30)23(16-22)28(31,32)33/h4-14,16,25H,3,15,17-18H2,1-2H3,(H,34,38)/t25-/m1/s1. The number of benzene rings is 3. The van der Waals surface area contributed by atoms with Gasteiger partial charge < -0.3 is 10.2 Å². The zero-order valence-electron chi connectivity index (χ0n) is 22.2. The van der Waals surface area contributed by atoms with Crippen LogP contribution >= 0.6 is 27.5 Å². The SMILES string of the molecule is CCNC(=O)[C@@H](Cc1ccccc1)N(Cc1cccc(Br)c1)C(=O)CN(c1ccc(Cl)c(C(F)(F)F)c1)S(C)(=O)=O. The molecule has 3 aromatic rings. The van der Waals surface area contributed by atoms with Crippen molar-refractivity contribution in [3.8, 4) is 0 Å². The molecule has 3 aromatic carbocycles. The number of halogens is 5. The van der Waals surface area contributed by atoms with Crippen LogP contribution in [-0.2, 0) is 38.8 Å². The van der Waals surface area contributed by atoms with E-state index >= 15 is 0 Å². The quantitative estimate of drug-likeness (QED) is 0.284. The predicted octanol–water partition coefficient (Wildman–Crippen LogP) is 5.66. The second-order valence-electron chi connectivity index (χ2n) is 9.18. The number of hydrogen-bond donors (Lipinski definition) is 1. The van der Waals surface area contributed by atoms with Gasteiger partial charge in [0.05, 0.1) is 22.5 Å². The zero-order chi connectivity index (χ0) is 30.4. The van der Waals surface area contributed by atoms with E-state index in [0.717, 1.165) is 28.4 Å². The van der Waals surface area contributed by atoms with Gasteiger partial charge in [0, 0.05) is 24.0 Å². The normalized spacial score (nSPS) is 12.5. The Hall–Kier alpha value is -3.09. The largest absolute Gasteiger partial charge is 0.417 e. The molecule has 13 heteroatoms. The number of sulfonamides is 1. The summed E-state index contributed by atoms with van der Waals surface area (Å²) in [7, 11) is -4.25. The lowest BCUT2D eigenvalue weighted by molar-refractivity contribution is -0.140. The van der Waals surface area contributed by atoms with Gasteiger partial charge in [-0.1, -0.05) is 70.0 Å². The van der Waals surface area contributed by atoms with Crippen LogP contribution in [0.25, 0.3) is 0 Å². The molecule has 0 saturated carbocycles. The Bertz CT molecular complexity index is 1490. The van der Waals surface area contributed by atoms with Crippen LogP contribution in [0.5, 0.6) is 0 Å². The molecule has 2 amide bonds. The van der Waals surface area contributed by atoms with Gasteiger partial charge in [0.2, 0.25) is 21.8 Å². The van der Waals surface area contributed by atoms with Crippen molar-refractivity contribution >= 4 is 55.1 Å². The molecule has 1 N–H and O–H groups in total. The van der Waals surface area contributed by atoms with Crippen molar-refractivity contribution in [3.63, 3.8) is 0 Å². The number of amides is 2. The molecule has 0 radical (unpaired) electrons. The lowest BCUT2D eigenvalue weighted by Gasteiger charge is -2.33. The molecular weight excluding hydrogens is 647 g/mol. The molecule has 0 aliphatic carbocycles. The van der Waals surface area contributed by atoms with Crippen molar-refractivity contribution in [2.24, 2.45) is 0 Å². The topological polar surface area (TPSA) is 86.8 Å². The molecule has 0 aliphatic heterocycles. The van der Waals surface area contributed by atoms with E-state index in [0.29, 0.717) is 15.9 Å². The molecule has 0 saturated heterocycles. The van der Waals surface area contributed by atoms with Crippen molar-refractivity contribution in [3.05, 3.63) is 99.0 Å². The summed E-state index contributed by atoms with van der Waals surface area (Å²) in [6.45, 7) is 1.08. The van der Waals surface area contributed by atoms with Gasteiger partial charge in [0.15, 0.2) is 0 Å². The number of nitrogens with zero attached hydrogens (tertiary/aromatic N) is 2. The van der Waals surface area contributed by atoms with E-state index < -0.39 is 56.9 Å². The van der Waals surface area contributed by atoms with Crippen molar-refractivity contribution in [1.29, 1.82) is 0 Å². The van der Waals surface area contributed by atoms with Gasteiger partial charge >= 0.3 is 6.18 Å². The zero-order valence-corrected chi connectivity index (χ0v) is 25.3. The third kappa shape index (κ3) is 8.95. The van der Waals surface area contributed by atoms with Crippen molar-refractivity contribution in [1.82, 2.24) is 10.2 Å². The number of likely N-dealkylation sites (N-methyl/N-ethyl adjacent to an activating group) is 1. The molecule has 7 nitrogen and oxygen atoms in total. The first-order valence-corrected chi connectivity index (χ1v) is 15.4. The molecule has 220 valence electrons. The van der Waals surface area contributed by atoms with E-state index in [1.54, 1.807) is 61.5 Å². The molecule has 3 rings (SSSR count). The Labute approximate surface area is 250 Å². The highest BCUT2D eigenvalue weighted by Crippen LogP contribution is 2.37. The number of nitrogens with one attached hydrogen (secondary N) is 1. The smallest absolute Gasteiger partial charge is 0.355 e. The Kier molecular flexibility index (Phi) is 10.8.